The third-order valence-corrected chi connectivity index (χ3v) is 5.23. The van der Waals surface area contributed by atoms with Crippen LogP contribution in [0.3, 0.4) is 0 Å². The second kappa shape index (κ2) is 7.46. The molecule has 2 saturated heterocycles. The van der Waals surface area contributed by atoms with Crippen molar-refractivity contribution in [2.75, 3.05) is 19.8 Å². The zero-order valence-electron chi connectivity index (χ0n) is 14.1. The van der Waals surface area contributed by atoms with Crippen LogP contribution < -0.4 is 5.73 Å². The molecular weight excluding hydrogens is 374 g/mol. The van der Waals surface area contributed by atoms with Crippen molar-refractivity contribution in [2.24, 2.45) is 5.73 Å². The van der Waals surface area contributed by atoms with Gasteiger partial charge in [0.25, 0.3) is 0 Å². The van der Waals surface area contributed by atoms with Crippen molar-refractivity contribution in [2.45, 2.75) is 60.0 Å². The molecule has 11 N–H and O–H groups in total. The number of hydrogen-bond acceptors (Lipinski definition) is 12. The zero-order valence-corrected chi connectivity index (χ0v) is 14.1. The monoisotopic (exact) mass is 399 g/mol. The molecule has 13 nitrogen and oxygen atoms in total. The Balaban J connectivity index is 2.46. The summed E-state index contributed by atoms with van der Waals surface area (Å²) in [5, 5.41) is 91.6. The van der Waals surface area contributed by atoms with Crippen LogP contribution in [-0.2, 0) is 14.3 Å². The maximum atomic E-state index is 11.1. The van der Waals surface area contributed by atoms with Gasteiger partial charge in [-0.2, -0.15) is 0 Å². The van der Waals surface area contributed by atoms with Gasteiger partial charge in [0.2, 0.25) is 11.7 Å². The molecule has 0 unspecified atom stereocenters. The van der Waals surface area contributed by atoms with Gasteiger partial charge in [-0.05, 0) is 0 Å². The van der Waals surface area contributed by atoms with Gasteiger partial charge >= 0.3 is 0 Å². The highest BCUT2D eigenvalue weighted by molar-refractivity contribution is 5.74. The molecule has 0 bridgehead atoms. The van der Waals surface area contributed by atoms with Gasteiger partial charge < -0.3 is 61.2 Å². The Morgan fingerprint density at radius 1 is 1.00 bits per heavy atom. The summed E-state index contributed by atoms with van der Waals surface area (Å²) in [5.74, 6) is -3.96. The fraction of sp³-hybridized carbons (Fsp3) is 0.929. The first-order valence-corrected chi connectivity index (χ1v) is 8.07. The molecule has 27 heavy (non-hydrogen) atoms. The van der Waals surface area contributed by atoms with Gasteiger partial charge in [-0.15, -0.1) is 0 Å². The first-order valence-electron chi connectivity index (χ1n) is 8.07. The van der Waals surface area contributed by atoms with Crippen LogP contribution >= 0.6 is 0 Å². The smallest absolute Gasteiger partial charge is 0.222 e. The molecule has 0 aromatic rings. The Bertz CT molecular complexity index is 560. The van der Waals surface area contributed by atoms with Crippen molar-refractivity contribution in [3.05, 3.63) is 0 Å². The first-order chi connectivity index (χ1) is 12.4. The highest BCUT2D eigenvalue weighted by Crippen LogP contribution is 2.45. The summed E-state index contributed by atoms with van der Waals surface area (Å²) in [6.07, 6.45) is -13.5. The number of primary amides is 1. The summed E-state index contributed by atoms with van der Waals surface area (Å²) >= 11 is 0. The minimum atomic E-state index is -3.08. The highest BCUT2D eigenvalue weighted by Gasteiger charge is 2.72. The van der Waals surface area contributed by atoms with Crippen LogP contribution in [0.4, 0.5) is 0 Å². The van der Waals surface area contributed by atoms with Crippen LogP contribution in [0, 0.1) is 0 Å². The SMILES string of the molecule is NC(=O)C[C@]1(O)O[C@H](CO)[C@](O)([C@@]2(O)CO[C@H](CO)[C@H](O)[C@@H]2O)[C@H](O)[C@H]1O. The molecule has 0 saturated carbocycles. The number of aliphatic hydroxyl groups is 9. The fourth-order valence-corrected chi connectivity index (χ4v) is 3.61. The van der Waals surface area contributed by atoms with E-state index in [4.69, 9.17) is 20.3 Å². The van der Waals surface area contributed by atoms with Gasteiger partial charge in [0, 0.05) is 0 Å². The normalized spacial score (nSPS) is 51.1. The molecule has 1 amide bonds. The summed E-state index contributed by atoms with van der Waals surface area (Å²) in [4.78, 5) is 11.1. The Labute approximate surface area is 152 Å². The fourth-order valence-electron chi connectivity index (χ4n) is 3.61. The van der Waals surface area contributed by atoms with Crippen molar-refractivity contribution in [1.82, 2.24) is 0 Å². The van der Waals surface area contributed by atoms with E-state index in [2.05, 4.69) is 0 Å². The maximum absolute atomic E-state index is 11.1. The number of ether oxygens (including phenoxy) is 2. The van der Waals surface area contributed by atoms with E-state index < -0.39 is 85.8 Å². The quantitative estimate of drug-likeness (QED) is 0.207. The van der Waals surface area contributed by atoms with Crippen LogP contribution in [0.25, 0.3) is 0 Å². The van der Waals surface area contributed by atoms with Crippen LogP contribution in [0.5, 0.6) is 0 Å². The first kappa shape index (κ1) is 22.3. The lowest BCUT2D eigenvalue weighted by Crippen LogP contribution is -2.84. The van der Waals surface area contributed by atoms with Crippen molar-refractivity contribution >= 4 is 5.91 Å². The van der Waals surface area contributed by atoms with E-state index in [1.807, 2.05) is 0 Å². The second-order valence-electron chi connectivity index (χ2n) is 6.88. The van der Waals surface area contributed by atoms with Crippen LogP contribution in [0.15, 0.2) is 0 Å². The topological polar surface area (TPSA) is 244 Å². The molecule has 0 radical (unpaired) electrons. The summed E-state index contributed by atoms with van der Waals surface area (Å²) in [6.45, 7) is -2.85. The van der Waals surface area contributed by atoms with Crippen molar-refractivity contribution in [1.29, 1.82) is 0 Å². The standard InChI is InChI=1S/C14H25NO12/c15-7(18)1-13(24)10(21)11(22)14(25,6(3-17)27-13)12(23)4-26-5(2-16)8(19)9(12)20/h5-6,8-11,16-17,19-25H,1-4H2,(H2,15,18)/t5-,6-,8+,9+,10-,11-,12-,13+,14-/m1/s1. The minimum absolute atomic E-state index is 0.740. The summed E-state index contributed by atoms with van der Waals surface area (Å²) in [7, 11) is 0. The molecule has 2 aliphatic heterocycles. The molecule has 0 spiro atoms. The van der Waals surface area contributed by atoms with Gasteiger partial charge in [0.1, 0.15) is 36.6 Å². The number of amides is 1. The molecule has 2 aliphatic rings. The molecule has 9 atom stereocenters. The summed E-state index contributed by atoms with van der Waals surface area (Å²) < 4.78 is 9.97. The Hall–Kier alpha value is -0.970. The molecule has 158 valence electrons. The van der Waals surface area contributed by atoms with Crippen LogP contribution in [0.1, 0.15) is 6.42 Å². The largest absolute Gasteiger partial charge is 0.394 e. The van der Waals surface area contributed by atoms with E-state index in [1.165, 1.54) is 0 Å². The van der Waals surface area contributed by atoms with Gasteiger partial charge in [-0.3, -0.25) is 4.79 Å². The molecule has 2 fully saturated rings. The van der Waals surface area contributed by atoms with Crippen molar-refractivity contribution < 1.29 is 60.2 Å². The minimum Gasteiger partial charge on any atom is -0.394 e. The van der Waals surface area contributed by atoms with E-state index in [-0.39, 0.29) is 0 Å². The average Bonchev–Trinajstić information content (AvgIpc) is 2.60. The number of aliphatic hydroxyl groups excluding tert-OH is 6. The number of carbonyl (C=O) groups excluding carboxylic acids is 1. The average molecular weight is 399 g/mol. The molecule has 2 heterocycles. The number of hydrogen-bond donors (Lipinski definition) is 10. The van der Waals surface area contributed by atoms with Gasteiger partial charge in [-0.25, -0.2) is 0 Å². The summed E-state index contributed by atoms with van der Waals surface area (Å²) in [5.41, 5.74) is -1.05. The molecule has 0 aliphatic carbocycles. The molecular formula is C14H25NO12. The second-order valence-corrected chi connectivity index (χ2v) is 6.88. The lowest BCUT2D eigenvalue weighted by molar-refractivity contribution is -0.415. The van der Waals surface area contributed by atoms with Crippen molar-refractivity contribution in [3.63, 3.8) is 0 Å². The van der Waals surface area contributed by atoms with Crippen molar-refractivity contribution in [3.8, 4) is 0 Å². The van der Waals surface area contributed by atoms with Gasteiger partial charge in [-0.1, -0.05) is 0 Å². The maximum Gasteiger partial charge on any atom is 0.222 e. The third-order valence-electron chi connectivity index (χ3n) is 5.23. The molecule has 0 aromatic heterocycles. The predicted molar refractivity (Wildman–Crippen MR) is 81.5 cm³/mol. The van der Waals surface area contributed by atoms with Crippen LogP contribution in [0.2, 0.25) is 0 Å². The van der Waals surface area contributed by atoms with E-state index in [9.17, 15) is 45.6 Å². The number of rotatable bonds is 5. The van der Waals surface area contributed by atoms with Gasteiger partial charge in [0.05, 0.1) is 26.2 Å². The third kappa shape index (κ3) is 3.24. The number of carbonyl (C=O) groups is 1. The van der Waals surface area contributed by atoms with E-state index in [0.29, 0.717) is 0 Å². The predicted octanol–water partition coefficient (Wildman–Crippen LogP) is -6.76. The molecule has 13 heteroatoms. The lowest BCUT2D eigenvalue weighted by atomic mass is 9.65. The lowest BCUT2D eigenvalue weighted by Gasteiger charge is -2.59. The number of nitrogens with two attached hydrogens (primary N) is 1. The Morgan fingerprint density at radius 2 is 1.59 bits per heavy atom. The Kier molecular flexibility index (Phi) is 6.16. The molecule has 2 rings (SSSR count). The van der Waals surface area contributed by atoms with E-state index >= 15 is 0 Å². The highest BCUT2D eigenvalue weighted by atomic mass is 16.7. The van der Waals surface area contributed by atoms with Crippen LogP contribution in [-0.4, -0.2) is 125 Å². The summed E-state index contributed by atoms with van der Waals surface area (Å²) in [6, 6.07) is 0. The van der Waals surface area contributed by atoms with E-state index in [1.54, 1.807) is 0 Å². The van der Waals surface area contributed by atoms with E-state index in [0.717, 1.165) is 0 Å². The Morgan fingerprint density at radius 3 is 2.07 bits per heavy atom. The van der Waals surface area contributed by atoms with Gasteiger partial charge in [0.15, 0.2) is 11.2 Å². The molecule has 0 aromatic carbocycles. The zero-order chi connectivity index (χ0) is 20.8.